The summed E-state index contributed by atoms with van der Waals surface area (Å²) in [6, 6.07) is 12.8. The van der Waals surface area contributed by atoms with Gasteiger partial charge in [0, 0.05) is 10.9 Å². The van der Waals surface area contributed by atoms with Crippen molar-refractivity contribution in [1.82, 2.24) is 4.98 Å². The zero-order valence-corrected chi connectivity index (χ0v) is 11.9. The first-order valence-electron chi connectivity index (χ1n) is 5.99. The number of oxazole rings is 1. The molecule has 0 spiro atoms. The van der Waals surface area contributed by atoms with E-state index in [0.717, 1.165) is 10.0 Å². The molecule has 1 N–H and O–H groups in total. The lowest BCUT2D eigenvalue weighted by Gasteiger charge is -1.97. The van der Waals surface area contributed by atoms with E-state index in [1.807, 2.05) is 24.3 Å². The van der Waals surface area contributed by atoms with Gasteiger partial charge in [0.2, 0.25) is 0 Å². The number of carbonyl (C=O) groups is 1. The van der Waals surface area contributed by atoms with E-state index in [-0.39, 0.29) is 5.56 Å². The van der Waals surface area contributed by atoms with Crippen LogP contribution in [0.25, 0.3) is 11.1 Å². The summed E-state index contributed by atoms with van der Waals surface area (Å²) < 4.78 is 6.60. The number of aromatic carboxylic acids is 1. The smallest absolute Gasteiger partial charge is 0.339 e. The summed E-state index contributed by atoms with van der Waals surface area (Å²) in [7, 11) is 0. The molecule has 0 saturated carbocycles. The lowest BCUT2D eigenvalue weighted by atomic mass is 10.1. The Kier molecular flexibility index (Phi) is 3.28. The molecule has 0 aliphatic carbocycles. The Balaban J connectivity index is 1.99. The molecule has 3 rings (SSSR count). The number of para-hydroxylation sites is 1. The Labute approximate surface area is 123 Å². The molecule has 0 aliphatic rings. The van der Waals surface area contributed by atoms with Gasteiger partial charge < -0.3 is 9.52 Å². The number of aromatic nitrogens is 1. The monoisotopic (exact) mass is 331 g/mol. The van der Waals surface area contributed by atoms with E-state index in [4.69, 9.17) is 9.52 Å². The Hall–Kier alpha value is -2.14. The summed E-state index contributed by atoms with van der Waals surface area (Å²) in [5.74, 6) is -0.502. The van der Waals surface area contributed by atoms with Crippen LogP contribution in [-0.4, -0.2) is 16.1 Å². The number of halogens is 1. The molecular weight excluding hydrogens is 322 g/mol. The molecule has 1 aromatic heterocycles. The SMILES string of the molecule is O=C(O)c1cccc2nc(Cc3ccc(Br)cc3)oc12. The highest BCUT2D eigenvalue weighted by Crippen LogP contribution is 2.22. The quantitative estimate of drug-likeness (QED) is 0.791. The van der Waals surface area contributed by atoms with Crippen molar-refractivity contribution in [3.63, 3.8) is 0 Å². The van der Waals surface area contributed by atoms with Crippen molar-refractivity contribution < 1.29 is 14.3 Å². The van der Waals surface area contributed by atoms with Crippen molar-refractivity contribution in [1.29, 1.82) is 0 Å². The van der Waals surface area contributed by atoms with Crippen molar-refractivity contribution in [2.24, 2.45) is 0 Å². The first-order valence-corrected chi connectivity index (χ1v) is 6.79. The van der Waals surface area contributed by atoms with Gasteiger partial charge in [0.1, 0.15) is 11.1 Å². The number of fused-ring (bicyclic) bond motifs is 1. The fourth-order valence-electron chi connectivity index (χ4n) is 2.02. The van der Waals surface area contributed by atoms with Gasteiger partial charge in [0.25, 0.3) is 0 Å². The minimum atomic E-state index is -1.01. The normalized spacial score (nSPS) is 10.8. The van der Waals surface area contributed by atoms with Crippen LogP contribution in [0.5, 0.6) is 0 Å². The first kappa shape index (κ1) is 12.9. The molecule has 2 aromatic carbocycles. The summed E-state index contributed by atoms with van der Waals surface area (Å²) in [5.41, 5.74) is 2.08. The van der Waals surface area contributed by atoms with E-state index in [1.54, 1.807) is 12.1 Å². The molecule has 20 heavy (non-hydrogen) atoms. The Morgan fingerprint density at radius 3 is 2.65 bits per heavy atom. The number of benzene rings is 2. The van der Waals surface area contributed by atoms with Crippen LogP contribution in [0, 0.1) is 0 Å². The zero-order chi connectivity index (χ0) is 14.1. The lowest BCUT2D eigenvalue weighted by Crippen LogP contribution is -1.95. The molecular formula is C15H10BrNO3. The van der Waals surface area contributed by atoms with E-state index in [9.17, 15) is 4.79 Å². The molecule has 0 radical (unpaired) electrons. The zero-order valence-electron chi connectivity index (χ0n) is 10.3. The van der Waals surface area contributed by atoms with Gasteiger partial charge in [-0.3, -0.25) is 0 Å². The Morgan fingerprint density at radius 2 is 1.95 bits per heavy atom. The molecule has 1 heterocycles. The first-order chi connectivity index (χ1) is 9.63. The second kappa shape index (κ2) is 5.09. The highest BCUT2D eigenvalue weighted by molar-refractivity contribution is 9.10. The molecule has 0 amide bonds. The maximum atomic E-state index is 11.1. The van der Waals surface area contributed by atoms with E-state index in [1.165, 1.54) is 6.07 Å². The van der Waals surface area contributed by atoms with Crippen molar-refractivity contribution in [3.8, 4) is 0 Å². The molecule has 0 bridgehead atoms. The van der Waals surface area contributed by atoms with Crippen molar-refractivity contribution in [2.75, 3.05) is 0 Å². The average molecular weight is 332 g/mol. The highest BCUT2D eigenvalue weighted by atomic mass is 79.9. The van der Waals surface area contributed by atoms with Crippen molar-refractivity contribution in [3.05, 3.63) is 64.0 Å². The molecule has 0 fully saturated rings. The average Bonchev–Trinajstić information content (AvgIpc) is 2.83. The summed E-state index contributed by atoms with van der Waals surface area (Å²) in [6.07, 6.45) is 0.529. The van der Waals surface area contributed by atoms with Crippen LogP contribution in [0.4, 0.5) is 0 Å². The number of nitrogens with zero attached hydrogens (tertiary/aromatic N) is 1. The summed E-state index contributed by atoms with van der Waals surface area (Å²) in [6.45, 7) is 0. The molecule has 0 aliphatic heterocycles. The van der Waals surface area contributed by atoms with Crippen LogP contribution in [0.2, 0.25) is 0 Å². The molecule has 3 aromatic rings. The third kappa shape index (κ3) is 2.44. The van der Waals surface area contributed by atoms with E-state index in [0.29, 0.717) is 23.4 Å². The lowest BCUT2D eigenvalue weighted by molar-refractivity contribution is 0.0698. The molecule has 100 valence electrons. The largest absolute Gasteiger partial charge is 0.478 e. The van der Waals surface area contributed by atoms with Crippen molar-refractivity contribution >= 4 is 33.0 Å². The summed E-state index contributed by atoms with van der Waals surface area (Å²) in [4.78, 5) is 15.5. The van der Waals surface area contributed by atoms with Gasteiger partial charge in [-0.15, -0.1) is 0 Å². The number of hydrogen-bond acceptors (Lipinski definition) is 3. The van der Waals surface area contributed by atoms with Gasteiger partial charge in [-0.25, -0.2) is 9.78 Å². The fraction of sp³-hybridized carbons (Fsp3) is 0.0667. The maximum Gasteiger partial charge on any atom is 0.339 e. The number of rotatable bonds is 3. The third-order valence-corrected chi connectivity index (χ3v) is 3.49. The van der Waals surface area contributed by atoms with Gasteiger partial charge in [0.05, 0.1) is 0 Å². The molecule has 5 heteroatoms. The topological polar surface area (TPSA) is 63.3 Å². The standard InChI is InChI=1S/C15H10BrNO3/c16-10-6-4-9(5-7-10)8-13-17-12-3-1-2-11(15(18)19)14(12)20-13/h1-7H,8H2,(H,18,19). The van der Waals surface area contributed by atoms with Crippen molar-refractivity contribution in [2.45, 2.75) is 6.42 Å². The fourth-order valence-corrected chi connectivity index (χ4v) is 2.28. The summed E-state index contributed by atoms with van der Waals surface area (Å²) >= 11 is 3.38. The van der Waals surface area contributed by atoms with Gasteiger partial charge in [-0.2, -0.15) is 0 Å². The second-order valence-electron chi connectivity index (χ2n) is 4.37. The Morgan fingerprint density at radius 1 is 1.20 bits per heavy atom. The van der Waals surface area contributed by atoms with E-state index in [2.05, 4.69) is 20.9 Å². The highest BCUT2D eigenvalue weighted by Gasteiger charge is 2.14. The molecule has 0 atom stereocenters. The van der Waals surface area contributed by atoms with E-state index < -0.39 is 5.97 Å². The Bertz CT molecular complexity index is 777. The minimum absolute atomic E-state index is 0.136. The molecule has 0 unspecified atom stereocenters. The second-order valence-corrected chi connectivity index (χ2v) is 5.29. The third-order valence-electron chi connectivity index (χ3n) is 2.96. The van der Waals surface area contributed by atoms with E-state index >= 15 is 0 Å². The molecule has 0 saturated heterocycles. The molecule has 4 nitrogen and oxygen atoms in total. The van der Waals surface area contributed by atoms with Gasteiger partial charge in [-0.05, 0) is 29.8 Å². The predicted molar refractivity (Wildman–Crippen MR) is 77.9 cm³/mol. The van der Waals surface area contributed by atoms with Crippen LogP contribution < -0.4 is 0 Å². The minimum Gasteiger partial charge on any atom is -0.478 e. The van der Waals surface area contributed by atoms with Crippen LogP contribution >= 0.6 is 15.9 Å². The van der Waals surface area contributed by atoms with Gasteiger partial charge in [-0.1, -0.05) is 34.1 Å². The van der Waals surface area contributed by atoms with Crippen LogP contribution in [0.3, 0.4) is 0 Å². The predicted octanol–water partition coefficient (Wildman–Crippen LogP) is 3.88. The number of hydrogen-bond donors (Lipinski definition) is 1. The number of carboxylic acids is 1. The van der Waals surface area contributed by atoms with Crippen LogP contribution in [-0.2, 0) is 6.42 Å². The van der Waals surface area contributed by atoms with Crippen LogP contribution in [0.15, 0.2) is 51.4 Å². The van der Waals surface area contributed by atoms with Crippen LogP contribution in [0.1, 0.15) is 21.8 Å². The van der Waals surface area contributed by atoms with Gasteiger partial charge in [0.15, 0.2) is 11.5 Å². The van der Waals surface area contributed by atoms with Gasteiger partial charge >= 0.3 is 5.97 Å². The maximum absolute atomic E-state index is 11.1. The number of carboxylic acid groups (broad SMARTS) is 1. The summed E-state index contributed by atoms with van der Waals surface area (Å²) in [5, 5.41) is 9.12.